The van der Waals surface area contributed by atoms with Crippen molar-refractivity contribution in [1.82, 2.24) is 5.32 Å². The van der Waals surface area contributed by atoms with Gasteiger partial charge in [0, 0.05) is 17.5 Å². The number of carbonyl (C=O) groups is 1. The fraction of sp³-hybridized carbons (Fsp3) is 0.929. The van der Waals surface area contributed by atoms with Crippen molar-refractivity contribution >= 4 is 5.91 Å². The zero-order chi connectivity index (χ0) is 12.9. The van der Waals surface area contributed by atoms with E-state index in [4.69, 9.17) is 5.73 Å². The zero-order valence-electron chi connectivity index (χ0n) is 11.6. The van der Waals surface area contributed by atoms with Gasteiger partial charge in [-0.3, -0.25) is 4.79 Å². The van der Waals surface area contributed by atoms with Crippen molar-refractivity contribution in [3.8, 4) is 0 Å². The van der Waals surface area contributed by atoms with Crippen LogP contribution in [-0.4, -0.2) is 17.0 Å². The van der Waals surface area contributed by atoms with Crippen LogP contribution in [0.3, 0.4) is 0 Å². The molecule has 1 fully saturated rings. The summed E-state index contributed by atoms with van der Waals surface area (Å²) in [5.41, 5.74) is 5.99. The smallest absolute Gasteiger partial charge is 0.222 e. The normalized spacial score (nSPS) is 20.0. The van der Waals surface area contributed by atoms with Gasteiger partial charge >= 0.3 is 0 Å². The largest absolute Gasteiger partial charge is 0.351 e. The van der Waals surface area contributed by atoms with E-state index in [0.717, 1.165) is 25.7 Å². The molecule has 0 atom stereocenters. The topological polar surface area (TPSA) is 55.1 Å². The van der Waals surface area contributed by atoms with Gasteiger partial charge in [-0.25, -0.2) is 0 Å². The average Bonchev–Trinajstić information content (AvgIpc) is 2.29. The molecule has 1 saturated carbocycles. The molecule has 3 N–H and O–H groups in total. The third kappa shape index (κ3) is 4.30. The highest BCUT2D eigenvalue weighted by molar-refractivity contribution is 5.78. The minimum Gasteiger partial charge on any atom is -0.351 e. The highest BCUT2D eigenvalue weighted by Crippen LogP contribution is 2.29. The minimum absolute atomic E-state index is 0.0674. The third-order valence-electron chi connectivity index (χ3n) is 4.36. The molecule has 0 aromatic heterocycles. The monoisotopic (exact) mass is 240 g/mol. The zero-order valence-corrected chi connectivity index (χ0v) is 11.6. The first-order valence-corrected chi connectivity index (χ1v) is 7.03. The number of hydrogen-bond donors (Lipinski definition) is 2. The Kier molecular flexibility index (Phi) is 4.99. The Morgan fingerprint density at radius 2 is 1.76 bits per heavy atom. The van der Waals surface area contributed by atoms with E-state index in [2.05, 4.69) is 26.1 Å². The van der Waals surface area contributed by atoms with E-state index >= 15 is 0 Å². The Balaban J connectivity index is 2.48. The van der Waals surface area contributed by atoms with Gasteiger partial charge in [0.15, 0.2) is 0 Å². The average molecular weight is 240 g/mol. The predicted molar refractivity (Wildman–Crippen MR) is 71.8 cm³/mol. The number of carbonyl (C=O) groups excluding carboxylic acids is 1. The van der Waals surface area contributed by atoms with Crippen LogP contribution in [0.4, 0.5) is 0 Å². The highest BCUT2D eigenvalue weighted by Gasteiger charge is 2.32. The Morgan fingerprint density at radius 3 is 2.24 bits per heavy atom. The van der Waals surface area contributed by atoms with E-state index in [1.165, 1.54) is 19.3 Å². The maximum Gasteiger partial charge on any atom is 0.222 e. The second-order valence-electron chi connectivity index (χ2n) is 5.92. The van der Waals surface area contributed by atoms with Crippen LogP contribution >= 0.6 is 0 Å². The van der Waals surface area contributed by atoms with Gasteiger partial charge < -0.3 is 11.1 Å². The molecular formula is C14H28N2O. The van der Waals surface area contributed by atoms with Gasteiger partial charge in [-0.15, -0.1) is 0 Å². The van der Waals surface area contributed by atoms with Crippen LogP contribution < -0.4 is 11.1 Å². The quantitative estimate of drug-likeness (QED) is 0.776. The molecule has 100 valence electrons. The predicted octanol–water partition coefficient (Wildman–Crippen LogP) is 2.73. The minimum atomic E-state index is -0.245. The SMILES string of the molecule is CCC(C)(CC)NC(=O)CC1(N)CCCCC1. The van der Waals surface area contributed by atoms with Gasteiger partial charge in [-0.05, 0) is 32.6 Å². The third-order valence-corrected chi connectivity index (χ3v) is 4.36. The van der Waals surface area contributed by atoms with Crippen LogP contribution in [0, 0.1) is 0 Å². The standard InChI is InChI=1S/C14H28N2O/c1-4-13(3,5-2)16-12(17)11-14(15)9-7-6-8-10-14/h4-11,15H2,1-3H3,(H,16,17). The van der Waals surface area contributed by atoms with Gasteiger partial charge in [0.1, 0.15) is 0 Å². The first-order chi connectivity index (χ1) is 7.93. The lowest BCUT2D eigenvalue weighted by Crippen LogP contribution is -2.51. The van der Waals surface area contributed by atoms with E-state index in [1.54, 1.807) is 0 Å². The number of hydrogen-bond acceptors (Lipinski definition) is 2. The lowest BCUT2D eigenvalue weighted by Gasteiger charge is -2.35. The summed E-state index contributed by atoms with van der Waals surface area (Å²) in [6.07, 6.45) is 8.01. The first kappa shape index (κ1) is 14.5. The van der Waals surface area contributed by atoms with Crippen molar-refractivity contribution in [2.75, 3.05) is 0 Å². The number of nitrogens with one attached hydrogen (secondary N) is 1. The molecule has 0 aromatic rings. The van der Waals surface area contributed by atoms with Crippen molar-refractivity contribution in [1.29, 1.82) is 0 Å². The molecule has 0 spiro atoms. The first-order valence-electron chi connectivity index (χ1n) is 7.03. The molecule has 1 amide bonds. The second-order valence-corrected chi connectivity index (χ2v) is 5.92. The molecule has 0 saturated heterocycles. The molecule has 1 rings (SSSR count). The van der Waals surface area contributed by atoms with Crippen LogP contribution in [0.5, 0.6) is 0 Å². The fourth-order valence-corrected chi connectivity index (χ4v) is 2.56. The molecule has 0 bridgehead atoms. The highest BCUT2D eigenvalue weighted by atomic mass is 16.1. The summed E-state index contributed by atoms with van der Waals surface area (Å²) < 4.78 is 0. The fourth-order valence-electron chi connectivity index (χ4n) is 2.56. The van der Waals surface area contributed by atoms with Crippen LogP contribution in [0.25, 0.3) is 0 Å². The van der Waals surface area contributed by atoms with Gasteiger partial charge in [0.05, 0.1) is 0 Å². The number of amides is 1. The molecule has 0 heterocycles. The van der Waals surface area contributed by atoms with Gasteiger partial charge in [0.2, 0.25) is 5.91 Å². The summed E-state index contributed by atoms with van der Waals surface area (Å²) in [6, 6.07) is 0. The Bertz CT molecular complexity index is 253. The molecule has 0 aliphatic heterocycles. The molecule has 0 radical (unpaired) electrons. The summed E-state index contributed by atoms with van der Waals surface area (Å²) in [5.74, 6) is 0.126. The van der Waals surface area contributed by atoms with Crippen molar-refractivity contribution in [3.63, 3.8) is 0 Å². The van der Waals surface area contributed by atoms with Crippen molar-refractivity contribution < 1.29 is 4.79 Å². The maximum absolute atomic E-state index is 12.1. The molecule has 3 nitrogen and oxygen atoms in total. The lowest BCUT2D eigenvalue weighted by atomic mass is 9.80. The Labute approximate surface area is 106 Å². The second kappa shape index (κ2) is 5.85. The van der Waals surface area contributed by atoms with E-state index in [0.29, 0.717) is 6.42 Å². The lowest BCUT2D eigenvalue weighted by molar-refractivity contribution is -0.124. The van der Waals surface area contributed by atoms with Crippen LogP contribution in [0.2, 0.25) is 0 Å². The van der Waals surface area contributed by atoms with Gasteiger partial charge in [-0.1, -0.05) is 33.1 Å². The summed E-state index contributed by atoms with van der Waals surface area (Å²) in [7, 11) is 0. The van der Waals surface area contributed by atoms with E-state index in [9.17, 15) is 4.79 Å². The van der Waals surface area contributed by atoms with Crippen LogP contribution in [-0.2, 0) is 4.79 Å². The van der Waals surface area contributed by atoms with Crippen molar-refractivity contribution in [2.24, 2.45) is 5.73 Å². The van der Waals surface area contributed by atoms with Crippen molar-refractivity contribution in [3.05, 3.63) is 0 Å². The number of rotatable bonds is 5. The molecule has 0 unspecified atom stereocenters. The molecule has 17 heavy (non-hydrogen) atoms. The van der Waals surface area contributed by atoms with Gasteiger partial charge in [-0.2, -0.15) is 0 Å². The molecule has 0 aromatic carbocycles. The van der Waals surface area contributed by atoms with E-state index in [-0.39, 0.29) is 17.0 Å². The van der Waals surface area contributed by atoms with Crippen molar-refractivity contribution in [2.45, 2.75) is 83.2 Å². The molecule has 3 heteroatoms. The summed E-state index contributed by atoms with van der Waals surface area (Å²) in [5, 5.41) is 3.15. The Morgan fingerprint density at radius 1 is 1.24 bits per heavy atom. The summed E-state index contributed by atoms with van der Waals surface area (Å²) in [6.45, 7) is 6.33. The number of nitrogens with two attached hydrogens (primary N) is 1. The summed E-state index contributed by atoms with van der Waals surface area (Å²) in [4.78, 5) is 12.1. The van der Waals surface area contributed by atoms with E-state index < -0.39 is 0 Å². The molecule has 1 aliphatic rings. The van der Waals surface area contributed by atoms with E-state index in [1.807, 2.05) is 0 Å². The van der Waals surface area contributed by atoms with Crippen LogP contribution in [0.15, 0.2) is 0 Å². The Hall–Kier alpha value is -0.570. The van der Waals surface area contributed by atoms with Crippen LogP contribution in [0.1, 0.15) is 72.1 Å². The summed E-state index contributed by atoms with van der Waals surface area (Å²) >= 11 is 0. The van der Waals surface area contributed by atoms with Gasteiger partial charge in [0.25, 0.3) is 0 Å². The maximum atomic E-state index is 12.1. The molecule has 1 aliphatic carbocycles. The molecular weight excluding hydrogens is 212 g/mol.